The molecule has 3 aromatic rings. The van der Waals surface area contributed by atoms with Crippen LogP contribution in [0.1, 0.15) is 70.1 Å². The fourth-order valence-electron chi connectivity index (χ4n) is 6.61. The molecule has 2 aromatic carbocycles. The summed E-state index contributed by atoms with van der Waals surface area (Å²) in [6.07, 6.45) is -1.34. The average Bonchev–Trinajstić information content (AvgIpc) is 3.20. The fourth-order valence-corrected chi connectivity index (χ4v) is 6.73. The van der Waals surface area contributed by atoms with Crippen molar-refractivity contribution >= 4 is 42.1 Å². The number of unbranched alkanes of at least 4 members (excludes halogenated alkanes) is 3. The van der Waals surface area contributed by atoms with Crippen LogP contribution in [-0.4, -0.2) is 146 Å². The molecule has 0 aliphatic rings. The Morgan fingerprint density at radius 1 is 0.879 bits per heavy atom. The molecular weight excluding hydrogens is 767 g/mol. The van der Waals surface area contributed by atoms with Gasteiger partial charge in [-0.1, -0.05) is 74.2 Å². The molecule has 12 N–H and O–H groups in total. The van der Waals surface area contributed by atoms with Gasteiger partial charge in [-0.2, -0.15) is 0 Å². The molecule has 0 radical (unpaired) electrons. The van der Waals surface area contributed by atoms with Gasteiger partial charge in [-0.05, 0) is 87.4 Å². The van der Waals surface area contributed by atoms with E-state index in [1.54, 1.807) is 25.0 Å². The second-order valence-corrected chi connectivity index (χ2v) is 15.2. The van der Waals surface area contributed by atoms with Gasteiger partial charge < -0.3 is 57.5 Å². The van der Waals surface area contributed by atoms with Crippen LogP contribution in [-0.2, 0) is 12.8 Å². The molecule has 0 bridgehead atoms. The molecule has 18 heteroatoms. The van der Waals surface area contributed by atoms with Crippen LogP contribution in [0.2, 0.25) is 12.0 Å². The highest BCUT2D eigenvalue weighted by molar-refractivity contribution is 6.45. The number of aliphatic hydroxyl groups excluding tert-OH is 5. The summed E-state index contributed by atoms with van der Waals surface area (Å²) < 4.78 is 0. The molecule has 0 unspecified atom stereocenters. The maximum absolute atomic E-state index is 13.3. The van der Waals surface area contributed by atoms with E-state index >= 15 is 0 Å². The lowest BCUT2D eigenvalue weighted by Gasteiger charge is -2.30. The third-order valence-corrected chi connectivity index (χ3v) is 10.4. The standard InChI is InChI=1S/C40H62BClN8O8/c1-4-5-6-9-17-49(24-31(52)34(54)35(55)32(53)25-51)19-16-45-39(56)30-14-10-12-27(20-30)15-18-50(41(3)58)23-28(21-29-13-8-7-11-26(29)2)22-46-40(57)33-37(43)48-38(44)36(42)47-33/h7-8,10-14,20,28,31-32,34-35,51-55,58H,4-6,9,15-19,21-25H2,1-3H3,(H,45,56)(H,46,57)(H4,43,44,48)/t28-,31-,32+,34+,35+/m0/s1. The van der Waals surface area contributed by atoms with Crippen molar-refractivity contribution in [2.24, 2.45) is 5.92 Å². The Bertz CT molecular complexity index is 1730. The number of nitrogens with one attached hydrogen (secondary N) is 2. The summed E-state index contributed by atoms with van der Waals surface area (Å²) in [5.41, 5.74) is 15.0. The second kappa shape index (κ2) is 24.9. The quantitative estimate of drug-likeness (QED) is 0.0398. The first-order valence-electron chi connectivity index (χ1n) is 19.9. The van der Waals surface area contributed by atoms with Gasteiger partial charge in [0.15, 0.2) is 22.5 Å². The van der Waals surface area contributed by atoms with Crippen molar-refractivity contribution in [3.8, 4) is 0 Å². The van der Waals surface area contributed by atoms with Crippen LogP contribution in [0.15, 0.2) is 48.5 Å². The molecule has 0 spiro atoms. The smallest absolute Gasteiger partial charge is 0.376 e. The largest absolute Gasteiger partial charge is 0.437 e. The summed E-state index contributed by atoms with van der Waals surface area (Å²) in [5, 5.41) is 66.4. The van der Waals surface area contributed by atoms with Crippen molar-refractivity contribution < 1.29 is 40.1 Å². The number of rotatable bonds is 26. The van der Waals surface area contributed by atoms with E-state index in [-0.39, 0.29) is 53.9 Å². The predicted molar refractivity (Wildman–Crippen MR) is 226 cm³/mol. The number of carbonyl (C=O) groups is 2. The van der Waals surface area contributed by atoms with Gasteiger partial charge in [0.25, 0.3) is 11.8 Å². The maximum atomic E-state index is 13.3. The topological polar surface area (TPSA) is 264 Å². The molecule has 16 nitrogen and oxygen atoms in total. The van der Waals surface area contributed by atoms with E-state index < -0.39 is 44.0 Å². The molecule has 0 saturated heterocycles. The highest BCUT2D eigenvalue weighted by atomic mass is 35.5. The Hall–Kier alpha value is -3.91. The zero-order valence-corrected chi connectivity index (χ0v) is 34.6. The number of amides is 2. The summed E-state index contributed by atoms with van der Waals surface area (Å²) in [4.78, 5) is 38.1. The molecule has 3 rings (SSSR count). The monoisotopic (exact) mass is 828 g/mol. The van der Waals surface area contributed by atoms with Crippen LogP contribution >= 0.6 is 11.6 Å². The maximum Gasteiger partial charge on any atom is 0.376 e. The first-order chi connectivity index (χ1) is 27.6. The Labute approximate surface area is 346 Å². The van der Waals surface area contributed by atoms with Crippen LogP contribution < -0.4 is 22.1 Å². The van der Waals surface area contributed by atoms with E-state index in [9.17, 15) is 35.0 Å². The first kappa shape index (κ1) is 48.5. The van der Waals surface area contributed by atoms with Crippen LogP contribution in [0.5, 0.6) is 0 Å². The fraction of sp³-hybridized carbons (Fsp3) is 0.550. The van der Waals surface area contributed by atoms with Gasteiger partial charge in [0.1, 0.15) is 18.3 Å². The molecule has 320 valence electrons. The summed E-state index contributed by atoms with van der Waals surface area (Å²) in [6, 6.07) is 15.2. The van der Waals surface area contributed by atoms with Crippen LogP contribution in [0.4, 0.5) is 11.6 Å². The number of hydrogen-bond donors (Lipinski definition) is 10. The molecule has 0 fully saturated rings. The zero-order valence-electron chi connectivity index (χ0n) is 33.8. The first-order valence-corrected chi connectivity index (χ1v) is 20.3. The minimum Gasteiger partial charge on any atom is -0.437 e. The van der Waals surface area contributed by atoms with Crippen molar-refractivity contribution in [3.05, 3.63) is 81.6 Å². The lowest BCUT2D eigenvalue weighted by molar-refractivity contribution is -0.119. The minimum atomic E-state index is -1.72. The normalized spacial score (nSPS) is 14.2. The molecule has 58 heavy (non-hydrogen) atoms. The van der Waals surface area contributed by atoms with E-state index in [0.717, 1.165) is 42.4 Å². The summed E-state index contributed by atoms with van der Waals surface area (Å²) >= 11 is 6.01. The lowest BCUT2D eigenvalue weighted by Crippen LogP contribution is -2.50. The number of halogens is 1. The van der Waals surface area contributed by atoms with Gasteiger partial charge in [-0.3, -0.25) is 14.5 Å². The second-order valence-electron chi connectivity index (χ2n) is 14.8. The van der Waals surface area contributed by atoms with Gasteiger partial charge in [0.2, 0.25) is 0 Å². The summed E-state index contributed by atoms with van der Waals surface area (Å²) in [6.45, 7) is 7.37. The van der Waals surface area contributed by atoms with Crippen molar-refractivity contribution in [1.29, 1.82) is 0 Å². The number of aromatic nitrogens is 2. The lowest BCUT2D eigenvalue weighted by atomic mass is 9.82. The van der Waals surface area contributed by atoms with Gasteiger partial charge in [-0.25, -0.2) is 9.97 Å². The number of nitrogen functional groups attached to an aromatic ring is 2. The Balaban J connectivity index is 1.64. The molecule has 2 amide bonds. The molecule has 0 aliphatic heterocycles. The predicted octanol–water partition coefficient (Wildman–Crippen LogP) is 0.895. The van der Waals surface area contributed by atoms with E-state index in [1.165, 1.54) is 0 Å². The van der Waals surface area contributed by atoms with E-state index in [2.05, 4.69) is 27.5 Å². The Kier molecular flexibility index (Phi) is 20.8. The number of hydrogen-bond acceptors (Lipinski definition) is 14. The molecule has 1 aromatic heterocycles. The van der Waals surface area contributed by atoms with Gasteiger partial charge in [0, 0.05) is 31.7 Å². The average molecular weight is 829 g/mol. The molecule has 0 saturated carbocycles. The van der Waals surface area contributed by atoms with Crippen molar-refractivity contribution in [3.63, 3.8) is 0 Å². The van der Waals surface area contributed by atoms with Crippen LogP contribution in [0.25, 0.3) is 0 Å². The van der Waals surface area contributed by atoms with Gasteiger partial charge >= 0.3 is 7.05 Å². The van der Waals surface area contributed by atoms with Crippen molar-refractivity contribution in [2.75, 3.05) is 63.9 Å². The SMILES string of the molecule is CCCCCCN(CCNC(=O)c1cccc(CCN(C[C@H](CNC(=O)c2nc(Cl)c(N)nc2N)Cc2ccccc2C)B(C)O)c1)C[C@H](O)[C@@H](O)[C@H](O)[C@H](O)CO. The van der Waals surface area contributed by atoms with Crippen molar-refractivity contribution in [2.45, 2.75) is 83.6 Å². The molecular formula is C40H62BClN8O8. The van der Waals surface area contributed by atoms with Crippen LogP contribution in [0.3, 0.4) is 0 Å². The number of aryl methyl sites for hydroxylation is 1. The number of nitrogens with two attached hydrogens (primary N) is 2. The van der Waals surface area contributed by atoms with Gasteiger partial charge in [0.05, 0.1) is 12.7 Å². The Morgan fingerprint density at radius 3 is 2.29 bits per heavy atom. The number of anilines is 2. The molecule has 0 aliphatic carbocycles. The zero-order chi connectivity index (χ0) is 42.8. The third-order valence-electron chi connectivity index (χ3n) is 10.2. The molecule has 1 heterocycles. The van der Waals surface area contributed by atoms with E-state index in [0.29, 0.717) is 44.6 Å². The number of aliphatic hydroxyl groups is 5. The van der Waals surface area contributed by atoms with Crippen molar-refractivity contribution in [1.82, 2.24) is 30.3 Å². The van der Waals surface area contributed by atoms with Crippen LogP contribution in [0, 0.1) is 12.8 Å². The Morgan fingerprint density at radius 2 is 1.60 bits per heavy atom. The van der Waals surface area contributed by atoms with Gasteiger partial charge in [-0.15, -0.1) is 0 Å². The summed E-state index contributed by atoms with van der Waals surface area (Å²) in [5.74, 6) is -1.19. The number of carbonyl (C=O) groups excluding carboxylic acids is 2. The van der Waals surface area contributed by atoms with E-state index in [4.69, 9.17) is 28.2 Å². The summed E-state index contributed by atoms with van der Waals surface area (Å²) in [7, 11) is -0.813. The minimum absolute atomic E-state index is 0.00735. The highest BCUT2D eigenvalue weighted by Gasteiger charge is 2.31. The third kappa shape index (κ3) is 15.7. The number of nitrogens with zero attached hydrogens (tertiary/aromatic N) is 4. The molecule has 5 atom stereocenters. The number of benzene rings is 2. The van der Waals surface area contributed by atoms with E-state index in [1.807, 2.05) is 47.0 Å². The highest BCUT2D eigenvalue weighted by Crippen LogP contribution is 2.19.